The Morgan fingerprint density at radius 3 is 2.26 bits per heavy atom. The summed E-state index contributed by atoms with van der Waals surface area (Å²) in [7, 11) is 0. The van der Waals surface area contributed by atoms with E-state index in [9.17, 15) is 0 Å². The number of hydrogen-bond acceptors (Lipinski definition) is 4. The lowest BCUT2D eigenvalue weighted by Crippen LogP contribution is -2.47. The second-order valence-electron chi connectivity index (χ2n) is 7.65. The molecule has 0 amide bonds. The van der Waals surface area contributed by atoms with E-state index in [4.69, 9.17) is 5.10 Å². The molecule has 138 valence electrons. The molecule has 1 N–H and O–H groups in total. The third-order valence-corrected chi connectivity index (χ3v) is 5.73. The van der Waals surface area contributed by atoms with Gasteiger partial charge in [-0.25, -0.2) is 0 Å². The predicted molar refractivity (Wildman–Crippen MR) is 109 cm³/mol. The van der Waals surface area contributed by atoms with Gasteiger partial charge in [0.2, 0.25) is 0 Å². The zero-order chi connectivity index (χ0) is 18.2. The van der Waals surface area contributed by atoms with Crippen molar-refractivity contribution in [2.45, 2.75) is 25.8 Å². The van der Waals surface area contributed by atoms with E-state index >= 15 is 0 Å². The van der Waals surface area contributed by atoms with E-state index in [1.807, 2.05) is 12.4 Å². The van der Waals surface area contributed by atoms with Crippen LogP contribution in [-0.2, 0) is 0 Å². The molecular formula is C22H25N5. The summed E-state index contributed by atoms with van der Waals surface area (Å²) in [5.74, 6) is 1.06. The highest BCUT2D eigenvalue weighted by Gasteiger charge is 2.32. The van der Waals surface area contributed by atoms with E-state index in [-0.39, 0.29) is 0 Å². The lowest BCUT2D eigenvalue weighted by molar-refractivity contribution is 0.247. The molecule has 5 rings (SSSR count). The van der Waals surface area contributed by atoms with E-state index in [0.29, 0.717) is 0 Å². The average Bonchev–Trinajstić information content (AvgIpc) is 3.48. The molecule has 1 aliphatic carbocycles. The van der Waals surface area contributed by atoms with Crippen LogP contribution in [0.1, 0.15) is 18.4 Å². The van der Waals surface area contributed by atoms with Crippen LogP contribution in [0.4, 0.5) is 5.82 Å². The molecule has 0 bridgehead atoms. The van der Waals surface area contributed by atoms with Crippen molar-refractivity contribution in [3.63, 3.8) is 0 Å². The Kier molecular flexibility index (Phi) is 4.17. The minimum absolute atomic E-state index is 0.842. The fourth-order valence-electron chi connectivity index (χ4n) is 4.02. The molecule has 1 saturated heterocycles. The molecule has 2 fully saturated rings. The summed E-state index contributed by atoms with van der Waals surface area (Å²) in [6.45, 7) is 6.45. The van der Waals surface area contributed by atoms with Gasteiger partial charge in [-0.05, 0) is 37.5 Å². The van der Waals surface area contributed by atoms with Gasteiger partial charge in [-0.1, -0.05) is 29.8 Å². The van der Waals surface area contributed by atoms with Crippen molar-refractivity contribution >= 4 is 5.82 Å². The summed E-state index contributed by atoms with van der Waals surface area (Å²) < 4.78 is 0. The van der Waals surface area contributed by atoms with Crippen LogP contribution < -0.4 is 4.90 Å². The third kappa shape index (κ3) is 3.23. The normalized spacial score (nSPS) is 18.0. The largest absolute Gasteiger partial charge is 0.352 e. The van der Waals surface area contributed by atoms with Crippen LogP contribution >= 0.6 is 0 Å². The molecule has 3 aromatic rings. The van der Waals surface area contributed by atoms with Gasteiger partial charge in [-0.3, -0.25) is 15.0 Å². The molecular weight excluding hydrogens is 334 g/mol. The van der Waals surface area contributed by atoms with Crippen molar-refractivity contribution in [2.75, 3.05) is 31.1 Å². The number of pyridine rings is 1. The first kappa shape index (κ1) is 16.5. The Morgan fingerprint density at radius 1 is 0.889 bits per heavy atom. The molecule has 1 aliphatic heterocycles. The van der Waals surface area contributed by atoms with Gasteiger partial charge in [0.15, 0.2) is 5.82 Å². The molecule has 0 atom stereocenters. The fourth-order valence-corrected chi connectivity index (χ4v) is 4.02. The minimum atomic E-state index is 0.842. The van der Waals surface area contributed by atoms with Crippen molar-refractivity contribution in [1.82, 2.24) is 20.1 Å². The first-order chi connectivity index (χ1) is 13.3. The topological polar surface area (TPSA) is 48.1 Å². The number of aromatic nitrogens is 3. The average molecular weight is 359 g/mol. The van der Waals surface area contributed by atoms with Crippen molar-refractivity contribution in [2.24, 2.45) is 0 Å². The number of aryl methyl sites for hydroxylation is 1. The molecule has 3 heterocycles. The van der Waals surface area contributed by atoms with Gasteiger partial charge in [-0.2, -0.15) is 5.10 Å². The molecule has 0 spiro atoms. The van der Waals surface area contributed by atoms with Crippen molar-refractivity contribution in [3.05, 3.63) is 54.4 Å². The Balaban J connectivity index is 1.52. The van der Waals surface area contributed by atoms with Crippen molar-refractivity contribution < 1.29 is 0 Å². The van der Waals surface area contributed by atoms with Crippen LogP contribution in [0.5, 0.6) is 0 Å². The second-order valence-corrected chi connectivity index (χ2v) is 7.65. The van der Waals surface area contributed by atoms with Gasteiger partial charge >= 0.3 is 0 Å². The Morgan fingerprint density at radius 2 is 1.59 bits per heavy atom. The van der Waals surface area contributed by atoms with Crippen molar-refractivity contribution in [1.29, 1.82) is 0 Å². The highest BCUT2D eigenvalue weighted by Crippen LogP contribution is 2.38. The van der Waals surface area contributed by atoms with E-state index in [1.54, 1.807) is 0 Å². The SMILES string of the molecule is Cc1ccc(-c2[nH]nc(N3CCN(C4CC4)CC3)c2-c2ccncc2)cc1. The van der Waals surface area contributed by atoms with Gasteiger partial charge in [0.25, 0.3) is 0 Å². The number of nitrogens with zero attached hydrogens (tertiary/aromatic N) is 4. The first-order valence-electron chi connectivity index (χ1n) is 9.84. The predicted octanol–water partition coefficient (Wildman–Crippen LogP) is 3.73. The summed E-state index contributed by atoms with van der Waals surface area (Å²) >= 11 is 0. The van der Waals surface area contributed by atoms with Gasteiger partial charge in [-0.15, -0.1) is 0 Å². The fraction of sp³-hybridized carbons (Fsp3) is 0.364. The number of benzene rings is 1. The van der Waals surface area contributed by atoms with Crippen LogP contribution in [0.2, 0.25) is 0 Å². The summed E-state index contributed by atoms with van der Waals surface area (Å²) in [6.07, 6.45) is 6.47. The van der Waals surface area contributed by atoms with Gasteiger partial charge in [0.1, 0.15) is 0 Å². The molecule has 5 heteroatoms. The zero-order valence-electron chi connectivity index (χ0n) is 15.7. The Bertz CT molecular complexity index is 904. The second kappa shape index (κ2) is 6.82. The van der Waals surface area contributed by atoms with E-state index < -0.39 is 0 Å². The number of hydrogen-bond donors (Lipinski definition) is 1. The smallest absolute Gasteiger partial charge is 0.159 e. The van der Waals surface area contributed by atoms with Gasteiger partial charge < -0.3 is 4.90 Å². The summed E-state index contributed by atoms with van der Waals surface area (Å²) in [6, 6.07) is 13.6. The molecule has 1 saturated carbocycles. The summed E-state index contributed by atoms with van der Waals surface area (Å²) in [5.41, 5.74) is 5.86. The number of nitrogens with one attached hydrogen (secondary N) is 1. The number of piperazine rings is 1. The molecule has 0 unspecified atom stereocenters. The Labute approximate surface area is 160 Å². The van der Waals surface area contributed by atoms with Crippen LogP contribution in [0.15, 0.2) is 48.8 Å². The highest BCUT2D eigenvalue weighted by atomic mass is 15.3. The molecule has 2 aromatic heterocycles. The molecule has 0 radical (unpaired) electrons. The lowest BCUT2D eigenvalue weighted by atomic mass is 10.0. The maximum atomic E-state index is 4.76. The molecule has 2 aliphatic rings. The summed E-state index contributed by atoms with van der Waals surface area (Å²) in [4.78, 5) is 9.27. The quantitative estimate of drug-likeness (QED) is 0.771. The first-order valence-corrected chi connectivity index (χ1v) is 9.84. The molecule has 5 nitrogen and oxygen atoms in total. The summed E-state index contributed by atoms with van der Waals surface area (Å²) in [5, 5.41) is 8.09. The van der Waals surface area contributed by atoms with E-state index in [1.165, 1.54) is 29.5 Å². The number of aromatic amines is 1. The van der Waals surface area contributed by atoms with Gasteiger partial charge in [0.05, 0.1) is 11.3 Å². The standard InChI is InChI=1S/C22H25N5/c1-16-2-4-18(5-3-16)21-20(17-8-10-23-11-9-17)22(25-24-21)27-14-12-26(13-15-27)19-6-7-19/h2-5,8-11,19H,6-7,12-15H2,1H3,(H,24,25). The van der Waals surface area contributed by atoms with Crippen molar-refractivity contribution in [3.8, 4) is 22.4 Å². The lowest BCUT2D eigenvalue weighted by Gasteiger charge is -2.35. The molecule has 27 heavy (non-hydrogen) atoms. The van der Waals surface area contributed by atoms with Crippen LogP contribution in [0, 0.1) is 6.92 Å². The molecule has 1 aromatic carbocycles. The highest BCUT2D eigenvalue weighted by molar-refractivity contribution is 5.89. The minimum Gasteiger partial charge on any atom is -0.352 e. The van der Waals surface area contributed by atoms with Gasteiger partial charge in [0, 0.05) is 50.2 Å². The Hall–Kier alpha value is -2.66. The number of rotatable bonds is 4. The monoisotopic (exact) mass is 359 g/mol. The van der Waals surface area contributed by atoms with E-state index in [2.05, 4.69) is 63.2 Å². The van der Waals surface area contributed by atoms with Crippen LogP contribution in [0.3, 0.4) is 0 Å². The van der Waals surface area contributed by atoms with Crippen LogP contribution in [0.25, 0.3) is 22.4 Å². The van der Waals surface area contributed by atoms with E-state index in [0.717, 1.165) is 49.3 Å². The third-order valence-electron chi connectivity index (χ3n) is 5.73. The number of anilines is 1. The maximum absolute atomic E-state index is 4.76. The maximum Gasteiger partial charge on any atom is 0.159 e. The van der Waals surface area contributed by atoms with Crippen LogP contribution in [-0.4, -0.2) is 52.3 Å². The zero-order valence-corrected chi connectivity index (χ0v) is 15.7. The number of H-pyrrole nitrogens is 1.